The zero-order valence-corrected chi connectivity index (χ0v) is 11.3. The molecule has 0 saturated carbocycles. The van der Waals surface area contributed by atoms with Gasteiger partial charge < -0.3 is 21.1 Å². The van der Waals surface area contributed by atoms with Crippen molar-refractivity contribution < 1.29 is 24.9 Å². The van der Waals surface area contributed by atoms with Gasteiger partial charge in [-0.3, -0.25) is 9.59 Å². The van der Waals surface area contributed by atoms with E-state index in [0.717, 1.165) is 0 Å². The van der Waals surface area contributed by atoms with Crippen molar-refractivity contribution in [2.24, 2.45) is 11.7 Å². The quantitative estimate of drug-likeness (QED) is 0.545. The average Bonchev–Trinajstić information content (AvgIpc) is 2.16. The maximum absolute atomic E-state index is 10.6. The molecule has 0 aliphatic carbocycles. The molecule has 0 radical (unpaired) electrons. The van der Waals surface area contributed by atoms with Crippen molar-refractivity contribution in [3.63, 3.8) is 0 Å². The summed E-state index contributed by atoms with van der Waals surface area (Å²) >= 11 is 0. The Hall–Kier alpha value is -1.14. The third-order valence-corrected chi connectivity index (χ3v) is 2.26. The Labute approximate surface area is 108 Å². The Bertz CT molecular complexity index is 247. The lowest BCUT2D eigenvalue weighted by Gasteiger charge is -2.22. The summed E-state index contributed by atoms with van der Waals surface area (Å²) in [5, 5.41) is 25.3. The van der Waals surface area contributed by atoms with Gasteiger partial charge in [-0.2, -0.15) is 0 Å². The van der Waals surface area contributed by atoms with Crippen molar-refractivity contribution in [1.29, 1.82) is 0 Å². The first-order valence-electron chi connectivity index (χ1n) is 6.04. The predicted octanol–water partition coefficient (Wildman–Crippen LogP) is 1.07. The number of hydrogen-bond acceptors (Lipinski definition) is 4. The summed E-state index contributed by atoms with van der Waals surface area (Å²) in [5.74, 6) is -1.47. The standard InChI is InChI=1S/C7H15NO3.C5H10O2/c1-2-3-7(8,4-5-9)6(10)11;1-4(2)3-5(6)7/h9H,2-5,8H2,1H3,(H,10,11);4H,3H2,1-2H3,(H,6,7). The van der Waals surface area contributed by atoms with Gasteiger partial charge in [-0.05, 0) is 18.8 Å². The fraction of sp³-hybridized carbons (Fsp3) is 0.833. The lowest BCUT2D eigenvalue weighted by Crippen LogP contribution is -2.48. The predicted molar refractivity (Wildman–Crippen MR) is 68.3 cm³/mol. The molecule has 0 fully saturated rings. The molecule has 0 rings (SSSR count). The summed E-state index contributed by atoms with van der Waals surface area (Å²) in [7, 11) is 0. The van der Waals surface area contributed by atoms with Crippen LogP contribution in [0, 0.1) is 5.92 Å². The Kier molecular flexibility index (Phi) is 10.5. The van der Waals surface area contributed by atoms with Gasteiger partial charge in [0.1, 0.15) is 5.54 Å². The molecule has 0 bridgehead atoms. The van der Waals surface area contributed by atoms with Gasteiger partial charge in [0, 0.05) is 13.0 Å². The Balaban J connectivity index is 0. The van der Waals surface area contributed by atoms with E-state index in [0.29, 0.717) is 12.8 Å². The topological polar surface area (TPSA) is 121 Å². The maximum atomic E-state index is 10.6. The van der Waals surface area contributed by atoms with Crippen LogP contribution >= 0.6 is 0 Å². The summed E-state index contributed by atoms with van der Waals surface area (Å²) in [6, 6.07) is 0. The molecule has 0 spiro atoms. The second-order valence-electron chi connectivity index (χ2n) is 4.68. The van der Waals surface area contributed by atoms with Crippen molar-refractivity contribution in [3.8, 4) is 0 Å². The maximum Gasteiger partial charge on any atom is 0.323 e. The number of rotatable bonds is 7. The highest BCUT2D eigenvalue weighted by molar-refractivity contribution is 5.78. The lowest BCUT2D eigenvalue weighted by molar-refractivity contribution is -0.144. The number of aliphatic hydroxyl groups is 1. The molecule has 0 aromatic carbocycles. The fourth-order valence-corrected chi connectivity index (χ4v) is 1.33. The second-order valence-corrected chi connectivity index (χ2v) is 4.68. The van der Waals surface area contributed by atoms with Crippen LogP contribution < -0.4 is 5.73 Å². The van der Waals surface area contributed by atoms with Gasteiger partial charge in [0.15, 0.2) is 0 Å². The Morgan fingerprint density at radius 2 is 1.72 bits per heavy atom. The third-order valence-electron chi connectivity index (χ3n) is 2.26. The van der Waals surface area contributed by atoms with Gasteiger partial charge >= 0.3 is 11.9 Å². The van der Waals surface area contributed by atoms with Crippen LogP contribution in [0.25, 0.3) is 0 Å². The smallest absolute Gasteiger partial charge is 0.323 e. The van der Waals surface area contributed by atoms with Crippen molar-refractivity contribution in [2.45, 2.75) is 52.0 Å². The minimum Gasteiger partial charge on any atom is -0.481 e. The molecule has 0 aromatic rings. The molecule has 0 heterocycles. The van der Waals surface area contributed by atoms with E-state index in [2.05, 4.69) is 0 Å². The lowest BCUT2D eigenvalue weighted by atomic mass is 9.92. The minimum atomic E-state index is -1.23. The highest BCUT2D eigenvalue weighted by Gasteiger charge is 2.31. The molecule has 0 aromatic heterocycles. The van der Waals surface area contributed by atoms with Gasteiger partial charge in [-0.25, -0.2) is 0 Å². The number of aliphatic hydroxyl groups excluding tert-OH is 1. The highest BCUT2D eigenvalue weighted by atomic mass is 16.4. The van der Waals surface area contributed by atoms with Crippen LogP contribution in [0.3, 0.4) is 0 Å². The van der Waals surface area contributed by atoms with E-state index in [1.54, 1.807) is 0 Å². The van der Waals surface area contributed by atoms with E-state index >= 15 is 0 Å². The van der Waals surface area contributed by atoms with E-state index in [-0.39, 0.29) is 25.4 Å². The van der Waals surface area contributed by atoms with Gasteiger partial charge in [0.25, 0.3) is 0 Å². The highest BCUT2D eigenvalue weighted by Crippen LogP contribution is 2.13. The molecule has 108 valence electrons. The zero-order valence-electron chi connectivity index (χ0n) is 11.3. The van der Waals surface area contributed by atoms with E-state index in [1.807, 2.05) is 20.8 Å². The molecule has 5 N–H and O–H groups in total. The summed E-state index contributed by atoms with van der Waals surface area (Å²) in [5.41, 5.74) is 4.27. The first kappa shape index (κ1) is 19.2. The van der Waals surface area contributed by atoms with Gasteiger partial charge in [-0.1, -0.05) is 27.2 Å². The molecule has 0 saturated heterocycles. The molecule has 18 heavy (non-hydrogen) atoms. The molecular formula is C12H25NO5. The van der Waals surface area contributed by atoms with Crippen LogP contribution in [-0.2, 0) is 9.59 Å². The van der Waals surface area contributed by atoms with Crippen LogP contribution in [0.4, 0.5) is 0 Å². The first-order chi connectivity index (χ1) is 8.19. The van der Waals surface area contributed by atoms with E-state index in [9.17, 15) is 9.59 Å². The number of nitrogens with two attached hydrogens (primary N) is 1. The summed E-state index contributed by atoms with van der Waals surface area (Å²) in [6.45, 7) is 5.45. The Morgan fingerprint density at radius 1 is 1.22 bits per heavy atom. The molecule has 0 amide bonds. The van der Waals surface area contributed by atoms with Crippen molar-refractivity contribution in [1.82, 2.24) is 0 Å². The molecule has 6 nitrogen and oxygen atoms in total. The van der Waals surface area contributed by atoms with E-state index in [1.165, 1.54) is 0 Å². The molecule has 1 unspecified atom stereocenters. The Morgan fingerprint density at radius 3 is 1.89 bits per heavy atom. The van der Waals surface area contributed by atoms with Crippen LogP contribution in [0.15, 0.2) is 0 Å². The molecule has 6 heteroatoms. The largest absolute Gasteiger partial charge is 0.481 e. The van der Waals surface area contributed by atoms with Crippen molar-refractivity contribution >= 4 is 11.9 Å². The number of carboxylic acid groups (broad SMARTS) is 2. The second kappa shape index (κ2) is 9.85. The van der Waals surface area contributed by atoms with Crippen molar-refractivity contribution in [3.05, 3.63) is 0 Å². The normalized spacial score (nSPS) is 13.4. The summed E-state index contributed by atoms with van der Waals surface area (Å²) in [4.78, 5) is 20.4. The van der Waals surface area contributed by atoms with Gasteiger partial charge in [0.05, 0.1) is 0 Å². The SMILES string of the molecule is CC(C)CC(=O)O.CCCC(N)(CCO)C(=O)O. The summed E-state index contributed by atoms with van der Waals surface area (Å²) < 4.78 is 0. The molecule has 0 aliphatic rings. The van der Waals surface area contributed by atoms with Crippen LogP contribution in [-0.4, -0.2) is 39.4 Å². The van der Waals surface area contributed by atoms with E-state index in [4.69, 9.17) is 21.1 Å². The van der Waals surface area contributed by atoms with Crippen molar-refractivity contribution in [2.75, 3.05) is 6.61 Å². The number of aliphatic carboxylic acids is 2. The average molecular weight is 263 g/mol. The van der Waals surface area contributed by atoms with E-state index < -0.39 is 17.5 Å². The van der Waals surface area contributed by atoms with Crippen LogP contribution in [0.2, 0.25) is 0 Å². The third kappa shape index (κ3) is 10.0. The monoisotopic (exact) mass is 263 g/mol. The van der Waals surface area contributed by atoms with Gasteiger partial charge in [-0.15, -0.1) is 0 Å². The summed E-state index contributed by atoms with van der Waals surface area (Å²) in [6.07, 6.45) is 1.52. The molecule has 0 aliphatic heterocycles. The molecular weight excluding hydrogens is 238 g/mol. The minimum absolute atomic E-state index is 0.121. The fourth-order valence-electron chi connectivity index (χ4n) is 1.33. The first-order valence-corrected chi connectivity index (χ1v) is 6.04. The molecule has 1 atom stereocenters. The van der Waals surface area contributed by atoms with Crippen LogP contribution in [0.5, 0.6) is 0 Å². The van der Waals surface area contributed by atoms with Crippen LogP contribution in [0.1, 0.15) is 46.5 Å². The van der Waals surface area contributed by atoms with Gasteiger partial charge in [0.2, 0.25) is 0 Å². The number of carboxylic acids is 2. The zero-order chi connectivity index (χ0) is 14.8. The number of hydrogen-bond donors (Lipinski definition) is 4. The number of carbonyl (C=O) groups is 2.